The van der Waals surface area contributed by atoms with Crippen molar-refractivity contribution >= 4 is 11.9 Å². The van der Waals surface area contributed by atoms with Gasteiger partial charge in [-0.1, -0.05) is 12.1 Å². The van der Waals surface area contributed by atoms with Crippen LogP contribution in [-0.2, 0) is 16.0 Å². The summed E-state index contributed by atoms with van der Waals surface area (Å²) in [5, 5.41) is 8.88. The molecular weight excluding hydrogens is 282 g/mol. The number of hydrogen-bond donors (Lipinski definition) is 1. The molecule has 1 aromatic carbocycles. The van der Waals surface area contributed by atoms with Crippen LogP contribution >= 0.6 is 0 Å². The number of aryl methyl sites for hydroxylation is 1. The van der Waals surface area contributed by atoms with Crippen LogP contribution in [0, 0.1) is 5.92 Å². The molecule has 1 saturated carbocycles. The summed E-state index contributed by atoms with van der Waals surface area (Å²) in [6.45, 7) is 1.99. The van der Waals surface area contributed by atoms with Gasteiger partial charge in [-0.15, -0.1) is 0 Å². The zero-order valence-electron chi connectivity index (χ0n) is 12.5. The molecule has 1 amide bonds. The van der Waals surface area contributed by atoms with Gasteiger partial charge in [0, 0.05) is 13.0 Å². The van der Waals surface area contributed by atoms with Gasteiger partial charge in [0.1, 0.15) is 0 Å². The molecule has 1 heterocycles. The minimum absolute atomic E-state index is 0.183. The molecular formula is C17H21NO4. The summed E-state index contributed by atoms with van der Waals surface area (Å²) in [6, 6.07) is 7.01. The summed E-state index contributed by atoms with van der Waals surface area (Å²) < 4.78 is 5.51. The first kappa shape index (κ1) is 15.0. The number of aromatic carboxylic acids is 1. The molecule has 0 radical (unpaired) electrons. The van der Waals surface area contributed by atoms with Gasteiger partial charge in [-0.3, -0.25) is 4.79 Å². The Morgan fingerprint density at radius 3 is 2.59 bits per heavy atom. The average Bonchev–Trinajstić information content (AvgIpc) is 3.38. The largest absolute Gasteiger partial charge is 0.478 e. The van der Waals surface area contributed by atoms with Crippen LogP contribution < -0.4 is 0 Å². The molecule has 2 aliphatic rings. The van der Waals surface area contributed by atoms with E-state index >= 15 is 0 Å². The SMILES string of the molecule is O=C(O)c1ccc(CCC(=O)N2CCOCC2C2CC2)cc1. The summed E-state index contributed by atoms with van der Waals surface area (Å²) >= 11 is 0. The molecule has 1 aliphatic carbocycles. The number of hydrogen-bond acceptors (Lipinski definition) is 3. The number of carbonyl (C=O) groups excluding carboxylic acids is 1. The molecule has 5 heteroatoms. The molecule has 0 aromatic heterocycles. The molecule has 1 unspecified atom stereocenters. The molecule has 5 nitrogen and oxygen atoms in total. The Balaban J connectivity index is 1.55. The highest BCUT2D eigenvalue weighted by molar-refractivity contribution is 5.87. The second kappa shape index (κ2) is 6.48. The van der Waals surface area contributed by atoms with E-state index in [4.69, 9.17) is 9.84 Å². The summed E-state index contributed by atoms with van der Waals surface area (Å²) in [5.74, 6) is -0.121. The number of morpholine rings is 1. The maximum atomic E-state index is 12.5. The number of carboxylic acids is 1. The zero-order valence-corrected chi connectivity index (χ0v) is 12.5. The molecule has 118 valence electrons. The number of carboxylic acid groups (broad SMARTS) is 1. The van der Waals surface area contributed by atoms with Gasteiger partial charge in [0.05, 0.1) is 24.8 Å². The second-order valence-electron chi connectivity index (χ2n) is 6.07. The molecule has 1 aromatic rings. The van der Waals surface area contributed by atoms with Gasteiger partial charge in [0.2, 0.25) is 5.91 Å². The van der Waals surface area contributed by atoms with E-state index in [-0.39, 0.29) is 17.5 Å². The van der Waals surface area contributed by atoms with E-state index in [2.05, 4.69) is 0 Å². The topological polar surface area (TPSA) is 66.8 Å². The Labute approximate surface area is 129 Å². The highest BCUT2D eigenvalue weighted by Crippen LogP contribution is 2.36. The Kier molecular flexibility index (Phi) is 4.43. The summed E-state index contributed by atoms with van der Waals surface area (Å²) in [5.41, 5.74) is 1.27. The van der Waals surface area contributed by atoms with Crippen LogP contribution in [0.4, 0.5) is 0 Å². The smallest absolute Gasteiger partial charge is 0.335 e. The first-order chi connectivity index (χ1) is 10.6. The van der Waals surface area contributed by atoms with Crippen LogP contribution in [0.25, 0.3) is 0 Å². The van der Waals surface area contributed by atoms with E-state index in [1.165, 1.54) is 12.8 Å². The first-order valence-corrected chi connectivity index (χ1v) is 7.84. The fourth-order valence-corrected chi connectivity index (χ4v) is 3.01. The molecule has 0 spiro atoms. The number of rotatable bonds is 5. The van der Waals surface area contributed by atoms with Crippen LogP contribution in [-0.4, -0.2) is 47.7 Å². The van der Waals surface area contributed by atoms with E-state index in [0.29, 0.717) is 38.5 Å². The fraction of sp³-hybridized carbons (Fsp3) is 0.529. The number of benzene rings is 1. The van der Waals surface area contributed by atoms with Gasteiger partial charge < -0.3 is 14.7 Å². The van der Waals surface area contributed by atoms with Crippen molar-refractivity contribution in [3.05, 3.63) is 35.4 Å². The van der Waals surface area contributed by atoms with Crippen molar-refractivity contribution in [1.82, 2.24) is 4.90 Å². The van der Waals surface area contributed by atoms with Crippen molar-refractivity contribution in [2.45, 2.75) is 31.7 Å². The van der Waals surface area contributed by atoms with Gasteiger partial charge in [0.25, 0.3) is 0 Å². The van der Waals surface area contributed by atoms with E-state index in [9.17, 15) is 9.59 Å². The lowest BCUT2D eigenvalue weighted by Gasteiger charge is -2.36. The molecule has 0 bridgehead atoms. The van der Waals surface area contributed by atoms with Crippen LogP contribution in [0.2, 0.25) is 0 Å². The van der Waals surface area contributed by atoms with E-state index in [1.54, 1.807) is 24.3 Å². The minimum atomic E-state index is -0.928. The van der Waals surface area contributed by atoms with Gasteiger partial charge >= 0.3 is 5.97 Å². The molecule has 1 atom stereocenters. The summed E-state index contributed by atoms with van der Waals surface area (Å²) in [4.78, 5) is 25.3. The fourth-order valence-electron chi connectivity index (χ4n) is 3.01. The molecule has 1 aliphatic heterocycles. The maximum Gasteiger partial charge on any atom is 0.335 e. The number of ether oxygens (including phenoxy) is 1. The predicted molar refractivity (Wildman–Crippen MR) is 80.8 cm³/mol. The van der Waals surface area contributed by atoms with Gasteiger partial charge in [-0.25, -0.2) is 4.79 Å². The average molecular weight is 303 g/mol. The van der Waals surface area contributed by atoms with Crippen molar-refractivity contribution in [1.29, 1.82) is 0 Å². The van der Waals surface area contributed by atoms with Gasteiger partial charge in [-0.05, 0) is 42.9 Å². The summed E-state index contributed by atoms with van der Waals surface area (Å²) in [7, 11) is 0. The van der Waals surface area contributed by atoms with E-state index in [1.807, 2.05) is 4.90 Å². The Morgan fingerprint density at radius 2 is 1.95 bits per heavy atom. The highest BCUT2D eigenvalue weighted by atomic mass is 16.5. The lowest BCUT2D eigenvalue weighted by molar-refractivity contribution is -0.140. The van der Waals surface area contributed by atoms with Crippen LogP contribution in [0.5, 0.6) is 0 Å². The van der Waals surface area contributed by atoms with Crippen molar-refractivity contribution in [3.63, 3.8) is 0 Å². The second-order valence-corrected chi connectivity index (χ2v) is 6.07. The van der Waals surface area contributed by atoms with E-state index < -0.39 is 5.97 Å². The Morgan fingerprint density at radius 1 is 1.23 bits per heavy atom. The minimum Gasteiger partial charge on any atom is -0.478 e. The summed E-state index contributed by atoms with van der Waals surface area (Å²) in [6.07, 6.45) is 3.52. The van der Waals surface area contributed by atoms with Crippen LogP contribution in [0.3, 0.4) is 0 Å². The third-order valence-corrected chi connectivity index (χ3v) is 4.48. The predicted octanol–water partition coefficient (Wildman–Crippen LogP) is 1.95. The van der Waals surface area contributed by atoms with Crippen molar-refractivity contribution in [2.24, 2.45) is 5.92 Å². The van der Waals surface area contributed by atoms with E-state index in [0.717, 1.165) is 5.56 Å². The number of carbonyl (C=O) groups is 2. The molecule has 1 N–H and O–H groups in total. The molecule has 3 rings (SSSR count). The Hall–Kier alpha value is -1.88. The lowest BCUT2D eigenvalue weighted by atomic mass is 10.1. The first-order valence-electron chi connectivity index (χ1n) is 7.84. The number of nitrogens with zero attached hydrogens (tertiary/aromatic N) is 1. The highest BCUT2D eigenvalue weighted by Gasteiger charge is 2.38. The van der Waals surface area contributed by atoms with Crippen molar-refractivity contribution in [2.75, 3.05) is 19.8 Å². The standard InChI is InChI=1S/C17H21NO4/c19-16(18-9-10-22-11-15(18)13-6-7-13)8-3-12-1-4-14(5-2-12)17(20)21/h1-2,4-5,13,15H,3,6-11H2,(H,20,21). The van der Waals surface area contributed by atoms with Crippen LogP contribution in [0.1, 0.15) is 35.2 Å². The monoisotopic (exact) mass is 303 g/mol. The Bertz CT molecular complexity index is 550. The van der Waals surface area contributed by atoms with Crippen molar-refractivity contribution < 1.29 is 19.4 Å². The third kappa shape index (κ3) is 3.47. The molecule has 1 saturated heterocycles. The van der Waals surface area contributed by atoms with Gasteiger partial charge in [0.15, 0.2) is 0 Å². The normalized spacial score (nSPS) is 21.6. The number of amides is 1. The maximum absolute atomic E-state index is 12.5. The lowest BCUT2D eigenvalue weighted by Crippen LogP contribution is -2.49. The van der Waals surface area contributed by atoms with Gasteiger partial charge in [-0.2, -0.15) is 0 Å². The van der Waals surface area contributed by atoms with Crippen LogP contribution in [0.15, 0.2) is 24.3 Å². The molecule has 22 heavy (non-hydrogen) atoms. The third-order valence-electron chi connectivity index (χ3n) is 4.48. The van der Waals surface area contributed by atoms with Crippen molar-refractivity contribution in [3.8, 4) is 0 Å². The molecule has 2 fully saturated rings. The quantitative estimate of drug-likeness (QED) is 0.903. The zero-order chi connectivity index (χ0) is 15.5.